The summed E-state index contributed by atoms with van der Waals surface area (Å²) in [5, 5.41) is 12.4. The quantitative estimate of drug-likeness (QED) is 0.760. The highest BCUT2D eigenvalue weighted by atomic mass is 16.3. The molecule has 1 aromatic heterocycles. The normalized spacial score (nSPS) is 13.6. The SMILES string of the molecule is CC(C)C(CCO)Nc1cc(N)nc(C(C)(C)C)n1. The fourth-order valence-corrected chi connectivity index (χ4v) is 1.78. The van der Waals surface area contributed by atoms with Gasteiger partial charge in [-0.05, 0) is 12.3 Å². The zero-order chi connectivity index (χ0) is 14.6. The Morgan fingerprint density at radius 3 is 2.42 bits per heavy atom. The summed E-state index contributed by atoms with van der Waals surface area (Å²) in [5.74, 6) is 2.32. The molecule has 5 heteroatoms. The lowest BCUT2D eigenvalue weighted by Crippen LogP contribution is -2.28. The standard InChI is InChI=1S/C14H26N4O/c1-9(2)10(6-7-19)16-12-8-11(15)17-13(18-12)14(3,4)5/h8-10,19H,6-7H2,1-5H3,(H3,15,16,17,18). The van der Waals surface area contributed by atoms with Crippen LogP contribution in [0.4, 0.5) is 11.6 Å². The van der Waals surface area contributed by atoms with E-state index in [1.807, 2.05) is 0 Å². The smallest absolute Gasteiger partial charge is 0.138 e. The molecule has 1 heterocycles. The molecule has 0 saturated heterocycles. The van der Waals surface area contributed by atoms with Crippen LogP contribution in [0, 0.1) is 5.92 Å². The molecule has 19 heavy (non-hydrogen) atoms. The fraction of sp³-hybridized carbons (Fsp3) is 0.714. The summed E-state index contributed by atoms with van der Waals surface area (Å²) in [5.41, 5.74) is 5.70. The number of nitrogens with two attached hydrogens (primary N) is 1. The lowest BCUT2D eigenvalue weighted by Gasteiger charge is -2.24. The molecule has 1 rings (SSSR count). The van der Waals surface area contributed by atoms with Crippen LogP contribution in [0.5, 0.6) is 0 Å². The maximum Gasteiger partial charge on any atom is 0.138 e. The molecule has 0 bridgehead atoms. The molecule has 0 saturated carbocycles. The molecule has 0 aliphatic heterocycles. The average molecular weight is 266 g/mol. The van der Waals surface area contributed by atoms with E-state index in [2.05, 4.69) is 49.9 Å². The lowest BCUT2D eigenvalue weighted by molar-refractivity contribution is 0.267. The third-order valence-corrected chi connectivity index (χ3v) is 2.99. The van der Waals surface area contributed by atoms with Crippen LogP contribution in [-0.4, -0.2) is 27.7 Å². The van der Waals surface area contributed by atoms with Crippen molar-refractivity contribution >= 4 is 11.6 Å². The number of rotatable bonds is 5. The van der Waals surface area contributed by atoms with Crippen molar-refractivity contribution in [3.8, 4) is 0 Å². The van der Waals surface area contributed by atoms with Crippen LogP contribution in [0.1, 0.15) is 46.9 Å². The van der Waals surface area contributed by atoms with Crippen molar-refractivity contribution in [2.75, 3.05) is 17.7 Å². The number of nitrogens with one attached hydrogen (secondary N) is 1. The van der Waals surface area contributed by atoms with E-state index in [4.69, 9.17) is 10.8 Å². The number of aromatic nitrogens is 2. The molecular formula is C14H26N4O. The number of anilines is 2. The van der Waals surface area contributed by atoms with Gasteiger partial charge in [0.2, 0.25) is 0 Å². The lowest BCUT2D eigenvalue weighted by atomic mass is 9.95. The number of nitrogen functional groups attached to an aromatic ring is 1. The van der Waals surface area contributed by atoms with Gasteiger partial charge in [-0.25, -0.2) is 9.97 Å². The highest BCUT2D eigenvalue weighted by molar-refractivity contribution is 5.46. The van der Waals surface area contributed by atoms with Crippen molar-refractivity contribution in [3.63, 3.8) is 0 Å². The van der Waals surface area contributed by atoms with Gasteiger partial charge in [0.05, 0.1) is 0 Å². The van der Waals surface area contributed by atoms with Crippen molar-refractivity contribution in [1.82, 2.24) is 9.97 Å². The van der Waals surface area contributed by atoms with Crippen LogP contribution >= 0.6 is 0 Å². The summed E-state index contributed by atoms with van der Waals surface area (Å²) < 4.78 is 0. The van der Waals surface area contributed by atoms with E-state index in [0.29, 0.717) is 18.2 Å². The van der Waals surface area contributed by atoms with Crippen molar-refractivity contribution < 1.29 is 5.11 Å². The molecule has 108 valence electrons. The van der Waals surface area contributed by atoms with E-state index in [9.17, 15) is 0 Å². The predicted octanol–water partition coefficient (Wildman–Crippen LogP) is 2.18. The number of hydrogen-bond acceptors (Lipinski definition) is 5. The van der Waals surface area contributed by atoms with Gasteiger partial charge < -0.3 is 16.2 Å². The Labute approximate surface area is 115 Å². The van der Waals surface area contributed by atoms with Gasteiger partial charge in [-0.2, -0.15) is 0 Å². The van der Waals surface area contributed by atoms with Crippen molar-refractivity contribution in [2.24, 2.45) is 5.92 Å². The maximum absolute atomic E-state index is 9.10. The van der Waals surface area contributed by atoms with Gasteiger partial charge in [-0.15, -0.1) is 0 Å². The first kappa shape index (κ1) is 15.7. The highest BCUT2D eigenvalue weighted by Gasteiger charge is 2.20. The van der Waals surface area contributed by atoms with E-state index in [-0.39, 0.29) is 18.1 Å². The van der Waals surface area contributed by atoms with Gasteiger partial charge in [0.1, 0.15) is 17.5 Å². The van der Waals surface area contributed by atoms with Gasteiger partial charge >= 0.3 is 0 Å². The minimum atomic E-state index is -0.143. The Morgan fingerprint density at radius 1 is 1.32 bits per heavy atom. The summed E-state index contributed by atoms with van der Waals surface area (Å²) in [4.78, 5) is 8.81. The number of aliphatic hydroxyl groups excluding tert-OH is 1. The second kappa shape index (κ2) is 6.19. The van der Waals surface area contributed by atoms with E-state index in [1.165, 1.54) is 0 Å². The third kappa shape index (κ3) is 4.67. The highest BCUT2D eigenvalue weighted by Crippen LogP contribution is 2.22. The second-order valence-corrected chi connectivity index (χ2v) is 6.26. The first-order valence-corrected chi connectivity index (χ1v) is 6.76. The van der Waals surface area contributed by atoms with Gasteiger partial charge in [0.15, 0.2) is 0 Å². The fourth-order valence-electron chi connectivity index (χ4n) is 1.78. The van der Waals surface area contributed by atoms with E-state index in [0.717, 1.165) is 11.6 Å². The van der Waals surface area contributed by atoms with Crippen molar-refractivity contribution in [3.05, 3.63) is 11.9 Å². The molecule has 0 aliphatic rings. The summed E-state index contributed by atoms with van der Waals surface area (Å²) in [6, 6.07) is 1.91. The maximum atomic E-state index is 9.10. The number of aliphatic hydroxyl groups is 1. The third-order valence-electron chi connectivity index (χ3n) is 2.99. The van der Waals surface area contributed by atoms with Crippen LogP contribution in [-0.2, 0) is 5.41 Å². The molecule has 0 radical (unpaired) electrons. The summed E-state index contributed by atoms with van der Waals surface area (Å²) in [6.07, 6.45) is 0.687. The molecule has 1 aromatic rings. The molecule has 4 N–H and O–H groups in total. The van der Waals surface area contributed by atoms with Crippen LogP contribution in [0.15, 0.2) is 6.07 Å². The second-order valence-electron chi connectivity index (χ2n) is 6.26. The minimum Gasteiger partial charge on any atom is -0.396 e. The zero-order valence-corrected chi connectivity index (χ0v) is 12.6. The molecule has 0 fully saturated rings. The molecule has 0 spiro atoms. The Balaban J connectivity index is 2.97. The molecule has 1 unspecified atom stereocenters. The minimum absolute atomic E-state index is 0.143. The molecule has 0 amide bonds. The van der Waals surface area contributed by atoms with Crippen molar-refractivity contribution in [1.29, 1.82) is 0 Å². The predicted molar refractivity (Wildman–Crippen MR) is 79.1 cm³/mol. The van der Waals surface area contributed by atoms with Crippen LogP contribution in [0.25, 0.3) is 0 Å². The zero-order valence-electron chi connectivity index (χ0n) is 12.6. The first-order valence-electron chi connectivity index (χ1n) is 6.76. The Kier molecular flexibility index (Phi) is 5.11. The number of hydrogen-bond donors (Lipinski definition) is 3. The molecule has 0 aliphatic carbocycles. The van der Waals surface area contributed by atoms with E-state index in [1.54, 1.807) is 6.07 Å². The van der Waals surface area contributed by atoms with Crippen LogP contribution in [0.3, 0.4) is 0 Å². The topological polar surface area (TPSA) is 84.1 Å². The summed E-state index contributed by atoms with van der Waals surface area (Å²) in [7, 11) is 0. The van der Waals surface area contributed by atoms with Crippen LogP contribution < -0.4 is 11.1 Å². The average Bonchev–Trinajstić information content (AvgIpc) is 2.26. The Hall–Kier alpha value is -1.36. The van der Waals surface area contributed by atoms with Gasteiger partial charge in [0.25, 0.3) is 0 Å². The largest absolute Gasteiger partial charge is 0.396 e. The summed E-state index contributed by atoms with van der Waals surface area (Å²) >= 11 is 0. The first-order chi connectivity index (χ1) is 8.74. The van der Waals surface area contributed by atoms with Gasteiger partial charge in [-0.1, -0.05) is 34.6 Å². The molecule has 0 aromatic carbocycles. The monoisotopic (exact) mass is 266 g/mol. The van der Waals surface area contributed by atoms with Crippen LogP contribution in [0.2, 0.25) is 0 Å². The molecule has 1 atom stereocenters. The Bertz CT molecular complexity index is 412. The van der Waals surface area contributed by atoms with Gasteiger partial charge in [-0.3, -0.25) is 0 Å². The van der Waals surface area contributed by atoms with E-state index >= 15 is 0 Å². The van der Waals surface area contributed by atoms with Crippen molar-refractivity contribution in [2.45, 2.75) is 52.5 Å². The van der Waals surface area contributed by atoms with E-state index < -0.39 is 0 Å². The number of nitrogens with zero attached hydrogens (tertiary/aromatic N) is 2. The van der Waals surface area contributed by atoms with Gasteiger partial charge in [0, 0.05) is 24.1 Å². The Morgan fingerprint density at radius 2 is 1.95 bits per heavy atom. The summed E-state index contributed by atoms with van der Waals surface area (Å²) in [6.45, 7) is 10.5. The molecule has 5 nitrogen and oxygen atoms in total. The molecular weight excluding hydrogens is 240 g/mol.